The van der Waals surface area contributed by atoms with Gasteiger partial charge in [-0.15, -0.1) is 0 Å². The fraction of sp³-hybridized carbons (Fsp3) is 0.400. The molecule has 0 aliphatic carbocycles. The molecule has 0 bridgehead atoms. The number of ketones is 1. The maximum absolute atomic E-state index is 11.3. The lowest BCUT2D eigenvalue weighted by molar-refractivity contribution is -0.119. The van der Waals surface area contributed by atoms with Crippen LogP contribution in [0.25, 0.3) is 0 Å². The van der Waals surface area contributed by atoms with E-state index in [-0.39, 0.29) is 5.78 Å². The van der Waals surface area contributed by atoms with Gasteiger partial charge in [0.05, 0.1) is 6.61 Å². The van der Waals surface area contributed by atoms with E-state index in [1.165, 1.54) is 0 Å². The van der Waals surface area contributed by atoms with Gasteiger partial charge in [0.2, 0.25) is 0 Å². The molecule has 1 rings (SSSR count). The van der Waals surface area contributed by atoms with Gasteiger partial charge in [0.25, 0.3) is 0 Å². The summed E-state index contributed by atoms with van der Waals surface area (Å²) in [4.78, 5) is 15.2. The lowest BCUT2D eigenvalue weighted by Crippen LogP contribution is -2.06. The predicted octanol–water partition coefficient (Wildman–Crippen LogP) is 1.23. The predicted molar refractivity (Wildman–Crippen MR) is 49.4 cm³/mol. The molecular weight excluding hydrogens is 166 g/mol. The number of hydrogen-bond donors (Lipinski definition) is 0. The van der Waals surface area contributed by atoms with Gasteiger partial charge in [-0.1, -0.05) is 6.07 Å². The van der Waals surface area contributed by atoms with Gasteiger partial charge in [-0.2, -0.15) is 0 Å². The van der Waals surface area contributed by atoms with Crippen LogP contribution in [0.1, 0.15) is 12.0 Å². The van der Waals surface area contributed by atoms with Crippen LogP contribution in [-0.2, 0) is 16.0 Å². The molecule has 0 saturated carbocycles. The zero-order valence-corrected chi connectivity index (χ0v) is 7.69. The van der Waals surface area contributed by atoms with Gasteiger partial charge >= 0.3 is 0 Å². The maximum atomic E-state index is 11.3. The van der Waals surface area contributed by atoms with Crippen molar-refractivity contribution in [3.05, 3.63) is 30.1 Å². The van der Waals surface area contributed by atoms with Gasteiger partial charge in [0, 0.05) is 32.3 Å². The largest absolute Gasteiger partial charge is 0.384 e. The lowest BCUT2D eigenvalue weighted by atomic mass is 10.1. The Bertz CT molecular complexity index is 259. The van der Waals surface area contributed by atoms with Gasteiger partial charge in [-0.05, 0) is 11.6 Å². The molecule has 0 unspecified atom stereocenters. The Kier molecular flexibility index (Phi) is 4.12. The minimum atomic E-state index is 0.190. The first-order valence-corrected chi connectivity index (χ1v) is 4.22. The molecule has 0 atom stereocenters. The quantitative estimate of drug-likeness (QED) is 0.682. The molecule has 0 saturated heterocycles. The monoisotopic (exact) mass is 179 g/mol. The molecule has 0 aromatic carbocycles. The second-order valence-corrected chi connectivity index (χ2v) is 2.82. The molecule has 0 aliphatic rings. The Labute approximate surface area is 77.8 Å². The van der Waals surface area contributed by atoms with Crippen LogP contribution in [0.15, 0.2) is 24.5 Å². The molecule has 0 spiro atoms. The topological polar surface area (TPSA) is 39.2 Å². The molecule has 0 amide bonds. The smallest absolute Gasteiger partial charge is 0.139 e. The highest BCUT2D eigenvalue weighted by Gasteiger charge is 2.02. The van der Waals surface area contributed by atoms with E-state index in [4.69, 9.17) is 4.74 Å². The number of carbonyl (C=O) groups excluding carboxylic acids is 1. The molecule has 0 aliphatic heterocycles. The lowest BCUT2D eigenvalue weighted by Gasteiger charge is -1.99. The third-order valence-electron chi connectivity index (χ3n) is 1.71. The van der Waals surface area contributed by atoms with Crippen LogP contribution < -0.4 is 0 Å². The molecule has 3 heteroatoms. The summed E-state index contributed by atoms with van der Waals surface area (Å²) in [5.41, 5.74) is 0.962. The summed E-state index contributed by atoms with van der Waals surface area (Å²) in [5, 5.41) is 0. The van der Waals surface area contributed by atoms with E-state index in [1.807, 2.05) is 12.1 Å². The summed E-state index contributed by atoms with van der Waals surface area (Å²) in [5.74, 6) is 0.190. The molecule has 1 heterocycles. The van der Waals surface area contributed by atoms with Crippen LogP contribution in [0.5, 0.6) is 0 Å². The van der Waals surface area contributed by atoms with Gasteiger partial charge in [0.1, 0.15) is 5.78 Å². The fourth-order valence-corrected chi connectivity index (χ4v) is 1.03. The summed E-state index contributed by atoms with van der Waals surface area (Å²) in [6.45, 7) is 0.499. The van der Waals surface area contributed by atoms with Gasteiger partial charge in [-0.3, -0.25) is 9.78 Å². The first-order chi connectivity index (χ1) is 6.33. The zero-order chi connectivity index (χ0) is 9.52. The van der Waals surface area contributed by atoms with E-state index >= 15 is 0 Å². The van der Waals surface area contributed by atoms with E-state index in [0.717, 1.165) is 5.56 Å². The highest BCUT2D eigenvalue weighted by atomic mass is 16.5. The van der Waals surface area contributed by atoms with Crippen molar-refractivity contribution >= 4 is 5.78 Å². The van der Waals surface area contributed by atoms with E-state index < -0.39 is 0 Å². The van der Waals surface area contributed by atoms with Crippen molar-refractivity contribution in [3.63, 3.8) is 0 Å². The average Bonchev–Trinajstić information content (AvgIpc) is 2.16. The van der Waals surface area contributed by atoms with Gasteiger partial charge in [0.15, 0.2) is 0 Å². The van der Waals surface area contributed by atoms with Gasteiger partial charge in [-0.25, -0.2) is 0 Å². The maximum Gasteiger partial charge on any atom is 0.139 e. The number of ether oxygens (including phenoxy) is 1. The van der Waals surface area contributed by atoms with Crippen LogP contribution in [0.3, 0.4) is 0 Å². The van der Waals surface area contributed by atoms with Crippen molar-refractivity contribution in [1.29, 1.82) is 0 Å². The first kappa shape index (κ1) is 9.86. The molecule has 0 radical (unpaired) electrons. The number of carbonyl (C=O) groups is 1. The van der Waals surface area contributed by atoms with Crippen LogP contribution in [0.4, 0.5) is 0 Å². The van der Waals surface area contributed by atoms with E-state index in [1.54, 1.807) is 19.5 Å². The van der Waals surface area contributed by atoms with Crippen molar-refractivity contribution in [2.24, 2.45) is 0 Å². The SMILES string of the molecule is COCCC(=O)Cc1cccnc1. The Morgan fingerprint density at radius 3 is 3.08 bits per heavy atom. The minimum Gasteiger partial charge on any atom is -0.384 e. The van der Waals surface area contributed by atoms with Crippen molar-refractivity contribution in [2.45, 2.75) is 12.8 Å². The molecule has 70 valence electrons. The van der Waals surface area contributed by atoms with Gasteiger partial charge < -0.3 is 4.74 Å². The third kappa shape index (κ3) is 3.80. The molecule has 1 aromatic heterocycles. The van der Waals surface area contributed by atoms with Crippen molar-refractivity contribution in [3.8, 4) is 0 Å². The Morgan fingerprint density at radius 2 is 2.46 bits per heavy atom. The number of hydrogen-bond acceptors (Lipinski definition) is 3. The zero-order valence-electron chi connectivity index (χ0n) is 7.69. The molecular formula is C10H13NO2. The Morgan fingerprint density at radius 1 is 1.62 bits per heavy atom. The highest BCUT2D eigenvalue weighted by Crippen LogP contribution is 1.99. The summed E-state index contributed by atoms with van der Waals surface area (Å²) in [6.07, 6.45) is 4.34. The first-order valence-electron chi connectivity index (χ1n) is 4.22. The molecule has 13 heavy (non-hydrogen) atoms. The molecule has 1 aromatic rings. The second kappa shape index (κ2) is 5.43. The molecule has 0 N–H and O–H groups in total. The molecule has 0 fully saturated rings. The fourth-order valence-electron chi connectivity index (χ4n) is 1.03. The van der Waals surface area contributed by atoms with E-state index in [2.05, 4.69) is 4.98 Å². The van der Waals surface area contributed by atoms with Crippen LogP contribution in [0.2, 0.25) is 0 Å². The number of Topliss-reactive ketones (excluding diaryl/α,β-unsaturated/α-hetero) is 1. The third-order valence-corrected chi connectivity index (χ3v) is 1.71. The number of nitrogens with zero attached hydrogens (tertiary/aromatic N) is 1. The van der Waals surface area contributed by atoms with E-state index in [9.17, 15) is 4.79 Å². The summed E-state index contributed by atoms with van der Waals surface area (Å²) < 4.78 is 4.81. The minimum absolute atomic E-state index is 0.190. The van der Waals surface area contributed by atoms with Crippen molar-refractivity contribution in [2.75, 3.05) is 13.7 Å². The summed E-state index contributed by atoms with van der Waals surface area (Å²) >= 11 is 0. The average molecular weight is 179 g/mol. The molecule has 3 nitrogen and oxygen atoms in total. The normalized spacial score (nSPS) is 9.92. The standard InChI is InChI=1S/C10H13NO2/c1-13-6-4-10(12)7-9-3-2-5-11-8-9/h2-3,5,8H,4,6-7H2,1H3. The van der Waals surface area contributed by atoms with Crippen molar-refractivity contribution < 1.29 is 9.53 Å². The highest BCUT2D eigenvalue weighted by molar-refractivity contribution is 5.80. The summed E-state index contributed by atoms with van der Waals surface area (Å²) in [6, 6.07) is 3.73. The summed E-state index contributed by atoms with van der Waals surface area (Å²) in [7, 11) is 1.59. The number of aromatic nitrogens is 1. The van der Waals surface area contributed by atoms with E-state index in [0.29, 0.717) is 19.4 Å². The number of rotatable bonds is 5. The van der Waals surface area contributed by atoms with Crippen LogP contribution >= 0.6 is 0 Å². The Balaban J connectivity index is 2.37. The number of methoxy groups -OCH3 is 1. The second-order valence-electron chi connectivity index (χ2n) is 2.82. The Hall–Kier alpha value is -1.22. The number of pyridine rings is 1. The van der Waals surface area contributed by atoms with Crippen molar-refractivity contribution in [1.82, 2.24) is 4.98 Å². The van der Waals surface area contributed by atoms with Crippen LogP contribution in [0, 0.1) is 0 Å². The van der Waals surface area contributed by atoms with Crippen LogP contribution in [-0.4, -0.2) is 24.5 Å².